The minimum atomic E-state index is -0.630. The van der Waals surface area contributed by atoms with Gasteiger partial charge in [-0.1, -0.05) is 6.42 Å². The molecular formula is C15H21NO2S. The summed E-state index contributed by atoms with van der Waals surface area (Å²) in [7, 11) is 0. The van der Waals surface area contributed by atoms with Crippen molar-refractivity contribution < 1.29 is 9.90 Å². The molecule has 1 aliphatic heterocycles. The standard InChI is InChI=1S/C15H21NO2S/c1-9-6-7-13(19-9)10(2)16-8-11-4-3-5-12(11)14(16)15(17)18/h6-7,10-12,14H,3-5,8H2,1-2H3,(H,17,18). The normalized spacial score (nSPS) is 32.4. The molecule has 4 atom stereocenters. The lowest BCUT2D eigenvalue weighted by molar-refractivity contribution is -0.144. The van der Waals surface area contributed by atoms with Gasteiger partial charge < -0.3 is 5.11 Å². The molecule has 1 aliphatic carbocycles. The molecule has 2 fully saturated rings. The van der Waals surface area contributed by atoms with Gasteiger partial charge >= 0.3 is 5.97 Å². The summed E-state index contributed by atoms with van der Waals surface area (Å²) < 4.78 is 0. The number of aliphatic carboxylic acids is 1. The van der Waals surface area contributed by atoms with Crippen LogP contribution in [0.5, 0.6) is 0 Å². The van der Waals surface area contributed by atoms with Crippen molar-refractivity contribution in [2.24, 2.45) is 11.8 Å². The van der Waals surface area contributed by atoms with E-state index in [9.17, 15) is 9.90 Å². The Bertz CT molecular complexity index is 484. The molecule has 4 unspecified atom stereocenters. The molecule has 0 spiro atoms. The van der Waals surface area contributed by atoms with Crippen molar-refractivity contribution in [1.29, 1.82) is 0 Å². The van der Waals surface area contributed by atoms with Gasteiger partial charge in [0.25, 0.3) is 0 Å². The van der Waals surface area contributed by atoms with Gasteiger partial charge in [-0.25, -0.2) is 0 Å². The van der Waals surface area contributed by atoms with E-state index >= 15 is 0 Å². The molecule has 3 nitrogen and oxygen atoms in total. The zero-order chi connectivity index (χ0) is 13.6. The molecule has 104 valence electrons. The maximum Gasteiger partial charge on any atom is 0.321 e. The number of rotatable bonds is 3. The molecule has 1 saturated carbocycles. The molecule has 2 heterocycles. The molecule has 0 radical (unpaired) electrons. The van der Waals surface area contributed by atoms with Crippen molar-refractivity contribution in [2.75, 3.05) is 6.54 Å². The third-order valence-corrected chi connectivity index (χ3v) is 6.02. The van der Waals surface area contributed by atoms with Crippen LogP contribution < -0.4 is 0 Å². The van der Waals surface area contributed by atoms with Gasteiger partial charge in [-0.05, 0) is 50.7 Å². The fraction of sp³-hybridized carbons (Fsp3) is 0.667. The number of hydrogen-bond acceptors (Lipinski definition) is 3. The molecule has 4 heteroatoms. The summed E-state index contributed by atoms with van der Waals surface area (Å²) in [4.78, 5) is 16.5. The van der Waals surface area contributed by atoms with E-state index < -0.39 is 5.97 Å². The van der Waals surface area contributed by atoms with E-state index in [1.54, 1.807) is 11.3 Å². The lowest BCUT2D eigenvalue weighted by Gasteiger charge is -2.29. The van der Waals surface area contributed by atoms with Gasteiger partial charge in [0.1, 0.15) is 6.04 Å². The van der Waals surface area contributed by atoms with Gasteiger partial charge in [-0.15, -0.1) is 11.3 Å². The highest BCUT2D eigenvalue weighted by Crippen LogP contribution is 2.45. The highest BCUT2D eigenvalue weighted by Gasteiger charge is 2.49. The predicted octanol–water partition coefficient (Wildman–Crippen LogP) is 3.30. The first kappa shape index (κ1) is 13.1. The summed E-state index contributed by atoms with van der Waals surface area (Å²) in [6.45, 7) is 5.22. The van der Waals surface area contributed by atoms with Crippen LogP contribution in [0.15, 0.2) is 12.1 Å². The van der Waals surface area contributed by atoms with Crippen molar-refractivity contribution in [3.63, 3.8) is 0 Å². The number of thiophene rings is 1. The Morgan fingerprint density at radius 1 is 1.47 bits per heavy atom. The van der Waals surface area contributed by atoms with Gasteiger partial charge in [0.2, 0.25) is 0 Å². The molecule has 0 bridgehead atoms. The van der Waals surface area contributed by atoms with E-state index in [4.69, 9.17) is 0 Å². The SMILES string of the molecule is Cc1ccc(C(C)N2CC3CCCC3C2C(=O)O)s1. The zero-order valence-electron chi connectivity index (χ0n) is 11.5. The monoisotopic (exact) mass is 279 g/mol. The molecule has 3 rings (SSSR count). The van der Waals surface area contributed by atoms with Crippen molar-refractivity contribution in [1.82, 2.24) is 4.90 Å². The topological polar surface area (TPSA) is 40.5 Å². The van der Waals surface area contributed by atoms with Crippen LogP contribution in [0.4, 0.5) is 0 Å². The number of nitrogens with zero attached hydrogens (tertiary/aromatic N) is 1. The van der Waals surface area contributed by atoms with Crippen LogP contribution in [0.25, 0.3) is 0 Å². The van der Waals surface area contributed by atoms with Crippen LogP contribution in [-0.2, 0) is 4.79 Å². The Balaban J connectivity index is 1.85. The lowest BCUT2D eigenvalue weighted by atomic mass is 9.94. The molecule has 1 N–H and O–H groups in total. The Hall–Kier alpha value is -0.870. The van der Waals surface area contributed by atoms with Gasteiger partial charge in [0, 0.05) is 22.3 Å². The van der Waals surface area contributed by atoms with E-state index in [1.165, 1.54) is 22.6 Å². The maximum atomic E-state index is 11.7. The quantitative estimate of drug-likeness (QED) is 0.923. The molecule has 1 aromatic rings. The second kappa shape index (κ2) is 4.91. The predicted molar refractivity (Wildman–Crippen MR) is 76.4 cm³/mol. The summed E-state index contributed by atoms with van der Waals surface area (Å²) in [5.74, 6) is 0.347. The molecule has 0 amide bonds. The largest absolute Gasteiger partial charge is 0.480 e. The Kier molecular flexibility index (Phi) is 3.39. The van der Waals surface area contributed by atoms with Crippen LogP contribution in [-0.4, -0.2) is 28.6 Å². The van der Waals surface area contributed by atoms with Gasteiger partial charge in [0.05, 0.1) is 0 Å². The summed E-state index contributed by atoms with van der Waals surface area (Å²) in [5, 5.41) is 9.59. The van der Waals surface area contributed by atoms with Crippen LogP contribution >= 0.6 is 11.3 Å². The van der Waals surface area contributed by atoms with Gasteiger partial charge in [-0.2, -0.15) is 0 Å². The number of likely N-dealkylation sites (tertiary alicyclic amines) is 1. The van der Waals surface area contributed by atoms with Crippen molar-refractivity contribution >= 4 is 17.3 Å². The Labute approximate surface area is 118 Å². The third-order valence-electron chi connectivity index (χ3n) is 4.85. The first-order chi connectivity index (χ1) is 9.08. The minimum Gasteiger partial charge on any atom is -0.480 e. The van der Waals surface area contributed by atoms with Crippen molar-refractivity contribution in [3.8, 4) is 0 Å². The number of carboxylic acid groups (broad SMARTS) is 1. The molecule has 0 aromatic carbocycles. The number of fused-ring (bicyclic) bond motifs is 1. The second-order valence-electron chi connectivity index (χ2n) is 5.96. The number of aryl methyl sites for hydroxylation is 1. The van der Waals surface area contributed by atoms with Gasteiger partial charge in [-0.3, -0.25) is 9.69 Å². The third kappa shape index (κ3) is 2.21. The highest BCUT2D eigenvalue weighted by molar-refractivity contribution is 7.12. The molecule has 1 aromatic heterocycles. The average molecular weight is 279 g/mol. The van der Waals surface area contributed by atoms with E-state index in [0.717, 1.165) is 13.0 Å². The fourth-order valence-electron chi connectivity index (χ4n) is 3.90. The number of hydrogen-bond donors (Lipinski definition) is 1. The van der Waals surface area contributed by atoms with E-state index in [2.05, 4.69) is 30.9 Å². The fourth-order valence-corrected chi connectivity index (χ4v) is 4.85. The first-order valence-corrected chi connectivity index (χ1v) is 7.94. The van der Waals surface area contributed by atoms with Crippen LogP contribution in [0.2, 0.25) is 0 Å². The minimum absolute atomic E-state index is 0.227. The first-order valence-electron chi connectivity index (χ1n) is 7.13. The maximum absolute atomic E-state index is 11.7. The Morgan fingerprint density at radius 2 is 2.26 bits per heavy atom. The summed E-state index contributed by atoms with van der Waals surface area (Å²) in [6.07, 6.45) is 3.51. The molecule has 1 saturated heterocycles. The lowest BCUT2D eigenvalue weighted by Crippen LogP contribution is -2.40. The van der Waals surface area contributed by atoms with Gasteiger partial charge in [0.15, 0.2) is 0 Å². The smallest absolute Gasteiger partial charge is 0.321 e. The van der Waals surface area contributed by atoms with E-state index in [1.807, 2.05) is 0 Å². The zero-order valence-corrected chi connectivity index (χ0v) is 12.3. The van der Waals surface area contributed by atoms with Crippen molar-refractivity contribution in [2.45, 2.75) is 45.2 Å². The van der Waals surface area contributed by atoms with Crippen LogP contribution in [0.3, 0.4) is 0 Å². The average Bonchev–Trinajstić information content (AvgIpc) is 3.00. The number of carbonyl (C=O) groups is 1. The van der Waals surface area contributed by atoms with Crippen LogP contribution in [0, 0.1) is 18.8 Å². The highest BCUT2D eigenvalue weighted by atomic mass is 32.1. The second-order valence-corrected chi connectivity index (χ2v) is 7.28. The number of carboxylic acids is 1. The van der Waals surface area contributed by atoms with E-state index in [0.29, 0.717) is 11.8 Å². The molecule has 19 heavy (non-hydrogen) atoms. The van der Waals surface area contributed by atoms with E-state index in [-0.39, 0.29) is 12.1 Å². The van der Waals surface area contributed by atoms with Crippen molar-refractivity contribution in [3.05, 3.63) is 21.9 Å². The molecule has 2 aliphatic rings. The summed E-state index contributed by atoms with van der Waals surface area (Å²) in [5.41, 5.74) is 0. The molecular weight excluding hydrogens is 258 g/mol. The Morgan fingerprint density at radius 3 is 2.89 bits per heavy atom. The van der Waals surface area contributed by atoms with Crippen LogP contribution in [0.1, 0.15) is 42.0 Å². The summed E-state index contributed by atoms with van der Waals surface area (Å²) in [6, 6.07) is 4.23. The summed E-state index contributed by atoms with van der Waals surface area (Å²) >= 11 is 1.79.